The SMILES string of the molecule is Cc1cc(-n2nc3c(c2-n2ccn(-c4ccc5c(cnn5C)c4F)c2=O)[C@H](C)N(C(=O)c2cc4cc([C@H]5CCOC(C)(C)C5)ccc4n2[C@@]2(c4noc(=O)[nH]4)C[C@@H]2C)CC32CCN(C(=O)[C@H](C)N)CC2)cc(C)c1F. The van der Waals surface area contributed by atoms with Gasteiger partial charge in [0.15, 0.2) is 11.6 Å². The summed E-state index contributed by atoms with van der Waals surface area (Å²) < 4.78 is 51.1. The van der Waals surface area contributed by atoms with E-state index in [9.17, 15) is 9.59 Å². The summed E-state index contributed by atoms with van der Waals surface area (Å²) in [6.07, 6.45) is 7.47. The highest BCUT2D eigenvalue weighted by Crippen LogP contribution is 2.57. The van der Waals surface area contributed by atoms with Crippen molar-refractivity contribution in [3.8, 4) is 17.2 Å². The number of amides is 2. The van der Waals surface area contributed by atoms with Crippen LogP contribution in [0.25, 0.3) is 39.0 Å². The molecule has 1 spiro atoms. The van der Waals surface area contributed by atoms with Crippen LogP contribution < -0.4 is 17.2 Å². The van der Waals surface area contributed by atoms with Crippen molar-refractivity contribution in [2.24, 2.45) is 18.7 Å². The predicted molar refractivity (Wildman–Crippen MR) is 275 cm³/mol. The maximum atomic E-state index is 16.5. The van der Waals surface area contributed by atoms with Gasteiger partial charge >= 0.3 is 11.4 Å². The van der Waals surface area contributed by atoms with Crippen LogP contribution in [-0.4, -0.2) is 103 Å². The zero-order chi connectivity index (χ0) is 52.8. The Morgan fingerprint density at radius 1 is 0.933 bits per heavy atom. The van der Waals surface area contributed by atoms with Gasteiger partial charge in [-0.25, -0.2) is 23.1 Å². The van der Waals surface area contributed by atoms with Crippen molar-refractivity contribution >= 4 is 33.6 Å². The first kappa shape index (κ1) is 48.5. The summed E-state index contributed by atoms with van der Waals surface area (Å²) in [7, 11) is 1.71. The number of benzene rings is 3. The molecule has 5 aromatic heterocycles. The van der Waals surface area contributed by atoms with Crippen molar-refractivity contribution in [3.63, 3.8) is 0 Å². The van der Waals surface area contributed by atoms with Gasteiger partial charge in [0.2, 0.25) is 5.91 Å². The molecule has 0 unspecified atom stereocenters. The molecule has 2 amide bonds. The third kappa shape index (κ3) is 7.40. The summed E-state index contributed by atoms with van der Waals surface area (Å²) >= 11 is 0. The Morgan fingerprint density at radius 3 is 2.31 bits per heavy atom. The molecular formula is C55H60F2N12O6. The monoisotopic (exact) mass is 1020 g/mol. The second kappa shape index (κ2) is 17.0. The van der Waals surface area contributed by atoms with Crippen LogP contribution >= 0.6 is 0 Å². The number of halogens is 2. The molecule has 3 aliphatic heterocycles. The van der Waals surface area contributed by atoms with E-state index in [0.29, 0.717) is 84.1 Å². The lowest BCUT2D eigenvalue weighted by molar-refractivity contribution is -0.134. The number of piperidine rings is 1. The fourth-order valence-corrected chi connectivity index (χ4v) is 12.8. The fraction of sp³-hybridized carbons (Fsp3) is 0.436. The van der Waals surface area contributed by atoms with Gasteiger partial charge < -0.3 is 24.8 Å². The van der Waals surface area contributed by atoms with E-state index in [1.165, 1.54) is 27.6 Å². The molecule has 1 aliphatic carbocycles. The molecule has 3 N–H and O–H groups in total. The topological polar surface area (TPSA) is 202 Å². The van der Waals surface area contributed by atoms with Crippen molar-refractivity contribution in [3.05, 3.63) is 139 Å². The van der Waals surface area contributed by atoms with Crippen LogP contribution in [0.5, 0.6) is 0 Å². The van der Waals surface area contributed by atoms with E-state index in [2.05, 4.69) is 54.2 Å². The number of aromatic amines is 1. The highest BCUT2D eigenvalue weighted by molar-refractivity contribution is 6.00. The predicted octanol–water partition coefficient (Wildman–Crippen LogP) is 7.11. The molecule has 8 heterocycles. The summed E-state index contributed by atoms with van der Waals surface area (Å²) in [6.45, 7) is 14.6. The Bertz CT molecular complexity index is 3760. The Morgan fingerprint density at radius 2 is 1.64 bits per heavy atom. The fourth-order valence-electron chi connectivity index (χ4n) is 12.8. The number of carbonyl (C=O) groups excluding carboxylic acids is 2. The quantitative estimate of drug-likeness (QED) is 0.158. The molecule has 8 aromatic rings. The van der Waals surface area contributed by atoms with Crippen LogP contribution in [0.1, 0.15) is 123 Å². The van der Waals surface area contributed by atoms with E-state index in [-0.39, 0.29) is 58.5 Å². The minimum atomic E-state index is -0.938. The van der Waals surface area contributed by atoms with E-state index in [1.54, 1.807) is 66.5 Å². The number of imidazole rings is 1. The maximum absolute atomic E-state index is 16.5. The van der Waals surface area contributed by atoms with Crippen LogP contribution in [0.15, 0.2) is 81.2 Å². The molecule has 1 saturated carbocycles. The Kier molecular flexibility index (Phi) is 11.0. The number of rotatable bonds is 8. The number of carbonyl (C=O) groups is 2. The molecule has 75 heavy (non-hydrogen) atoms. The maximum Gasteiger partial charge on any atom is 0.438 e. The molecule has 2 saturated heterocycles. The van der Waals surface area contributed by atoms with Crippen LogP contribution in [-0.2, 0) is 27.5 Å². The van der Waals surface area contributed by atoms with E-state index >= 15 is 18.4 Å². The van der Waals surface area contributed by atoms with E-state index in [4.69, 9.17) is 20.1 Å². The Labute approximate surface area is 429 Å². The average Bonchev–Trinajstić information content (AvgIpc) is 4.04. The third-order valence-electron chi connectivity index (χ3n) is 17.0. The van der Waals surface area contributed by atoms with Gasteiger partial charge in [0.1, 0.15) is 22.9 Å². The molecule has 3 fully saturated rings. The minimum Gasteiger partial charge on any atom is -0.376 e. The number of aryl methyl sites for hydroxylation is 3. The molecule has 0 bridgehead atoms. The molecule has 20 heteroatoms. The van der Waals surface area contributed by atoms with Crippen molar-refractivity contribution in [2.45, 2.75) is 115 Å². The number of hydrogen-bond donors (Lipinski definition) is 2. The van der Waals surface area contributed by atoms with Gasteiger partial charge in [0, 0.05) is 67.6 Å². The molecule has 4 aliphatic rings. The zero-order valence-electron chi connectivity index (χ0n) is 43.3. The minimum absolute atomic E-state index is 0.00774. The molecule has 3 aromatic carbocycles. The van der Waals surface area contributed by atoms with Gasteiger partial charge in [0.25, 0.3) is 5.91 Å². The van der Waals surface area contributed by atoms with Crippen LogP contribution in [0.2, 0.25) is 0 Å². The Balaban J connectivity index is 1.07. The number of hydrogen-bond acceptors (Lipinski definition) is 10. The second-order valence-electron chi connectivity index (χ2n) is 22.3. The number of fused-ring (bicyclic) bond motifs is 4. The van der Waals surface area contributed by atoms with Gasteiger partial charge in [-0.2, -0.15) is 10.2 Å². The van der Waals surface area contributed by atoms with Crippen LogP contribution in [0.4, 0.5) is 8.78 Å². The normalized spacial score (nSPS) is 22.6. The largest absolute Gasteiger partial charge is 0.438 e. The van der Waals surface area contributed by atoms with Crippen LogP contribution in [0.3, 0.4) is 0 Å². The van der Waals surface area contributed by atoms with Gasteiger partial charge in [0.05, 0.1) is 51.9 Å². The number of H-pyrrole nitrogens is 1. The van der Waals surface area contributed by atoms with Gasteiger partial charge in [-0.15, -0.1) is 0 Å². The number of ether oxygens (including phenoxy) is 1. The van der Waals surface area contributed by atoms with E-state index in [0.717, 1.165) is 29.3 Å². The van der Waals surface area contributed by atoms with Crippen molar-refractivity contribution in [2.75, 3.05) is 26.2 Å². The molecular weight excluding hydrogens is 963 g/mol. The summed E-state index contributed by atoms with van der Waals surface area (Å²) in [5.74, 6) is -1.47. The van der Waals surface area contributed by atoms with Crippen LogP contribution in [0, 0.1) is 31.4 Å². The molecule has 5 atom stereocenters. The Hall–Kier alpha value is -7.45. The first-order valence-electron chi connectivity index (χ1n) is 25.7. The van der Waals surface area contributed by atoms with Crippen molar-refractivity contribution < 1.29 is 27.6 Å². The molecule has 390 valence electrons. The zero-order valence-corrected chi connectivity index (χ0v) is 43.3. The smallest absolute Gasteiger partial charge is 0.376 e. The molecule has 18 nitrogen and oxygen atoms in total. The highest BCUT2D eigenvalue weighted by Gasteiger charge is 2.60. The first-order chi connectivity index (χ1) is 35.7. The number of nitrogens with zero attached hydrogens (tertiary/aromatic N) is 10. The third-order valence-corrected chi connectivity index (χ3v) is 17.0. The summed E-state index contributed by atoms with van der Waals surface area (Å²) in [4.78, 5) is 64.1. The van der Waals surface area contributed by atoms with Gasteiger partial charge in [-0.3, -0.25) is 32.9 Å². The second-order valence-corrected chi connectivity index (χ2v) is 22.3. The average molecular weight is 1020 g/mol. The highest BCUT2D eigenvalue weighted by atomic mass is 19.1. The molecule has 12 rings (SSSR count). The lowest BCUT2D eigenvalue weighted by atomic mass is 9.70. The van der Waals surface area contributed by atoms with Gasteiger partial charge in [-0.05, 0) is 145 Å². The van der Waals surface area contributed by atoms with Crippen molar-refractivity contribution in [1.82, 2.24) is 53.2 Å². The van der Waals surface area contributed by atoms with E-state index in [1.807, 2.05) is 22.5 Å². The lowest BCUT2D eigenvalue weighted by Crippen LogP contribution is -2.56. The summed E-state index contributed by atoms with van der Waals surface area (Å²) in [5, 5.41) is 15.0. The molecule has 0 radical (unpaired) electrons. The first-order valence-corrected chi connectivity index (χ1v) is 25.7. The number of nitrogens with one attached hydrogen (secondary N) is 1. The summed E-state index contributed by atoms with van der Waals surface area (Å²) in [5.41, 5.74) is 8.62. The standard InChI is InChI=1S/C55H60F2N12O6/c1-29-21-37(22-30(2)44(29)56)69-47(66-19-18-65(52(66)73)41-12-11-40-38(45(41)57)27-59-63(40)8)43-33(5)67(28-54(46(43)61-69)14-16-64(17-15-54)48(70)32(4)58)49(71)42-24-36-23-34(35-13-20-74-53(6,7)26-35)9-10-39(36)68(42)55(25-31(55)3)50-60-51(72)75-62-50/h9-12,18-19,21-24,27,31-33,35H,13-17,20,25-26,28,58H2,1-8H3,(H,60,62,72)/t31-,32-,33-,35-,55-/m0/s1. The van der Waals surface area contributed by atoms with E-state index < -0.39 is 40.3 Å². The summed E-state index contributed by atoms with van der Waals surface area (Å²) in [6, 6.07) is 13.4. The number of likely N-dealkylation sites (tertiary alicyclic amines) is 1. The lowest BCUT2D eigenvalue weighted by Gasteiger charge is -2.49. The van der Waals surface area contributed by atoms with Gasteiger partial charge in [-0.1, -0.05) is 18.1 Å². The van der Waals surface area contributed by atoms with Crippen molar-refractivity contribution in [1.29, 1.82) is 0 Å². The number of nitrogens with two attached hydrogens (primary N) is 1. The number of aromatic nitrogens is 9.